The van der Waals surface area contributed by atoms with Gasteiger partial charge in [0.15, 0.2) is 33.9 Å². The Labute approximate surface area is 799 Å². The SMILES string of the molecule is Cc1cc(-c2cc(=O)n3cc(N4CCN(C)CC4)ncc3n2)cc2cn(C)nc12.Cc1cn2cc(-c3cc(=O)n4cc(C5CCNCC5)ncc4n3)cc(C)c2n1.Cc1cn2cc(-c3cc(=O)n4cc(C5CCNCC5)ncc4n3)cc(Cl)c2n1.Cc1cn2cc(-c3cc(=O)n4cc(C5CCNCC5)ncc4n3)ccc2n1.Cn1cc2cc(-c3cc(=O)n4cc(N5CCNCC5)ncc4n3)ccc2n1. The molecule has 4 N–H and O–H groups in total. The Morgan fingerprint density at radius 2 is 0.705 bits per heavy atom. The third-order valence-corrected chi connectivity index (χ3v) is 26.7. The van der Waals surface area contributed by atoms with Crippen molar-refractivity contribution in [2.24, 2.45) is 14.1 Å². The van der Waals surface area contributed by atoms with E-state index >= 15 is 0 Å². The monoisotopic (exact) mass is 1880 g/mol. The van der Waals surface area contributed by atoms with Crippen LogP contribution >= 0.6 is 11.6 Å². The molecular formula is C101H103ClN32O5. The molecule has 139 heavy (non-hydrogen) atoms. The number of likely N-dealkylation sites (N-methyl/N-ethyl adjacent to an activating group) is 1. The molecule has 0 amide bonds. The Hall–Kier alpha value is -15.4. The number of imidazole rings is 3. The van der Waals surface area contributed by atoms with Gasteiger partial charge in [-0.1, -0.05) is 17.7 Å². The minimum absolute atomic E-state index is 0.0860. The second-order valence-electron chi connectivity index (χ2n) is 36.5. The number of halogens is 1. The van der Waals surface area contributed by atoms with Crippen LogP contribution in [0.25, 0.3) is 123 Å². The molecule has 704 valence electrons. The summed E-state index contributed by atoms with van der Waals surface area (Å²) in [5, 5.41) is 24.8. The third-order valence-electron chi connectivity index (χ3n) is 26.4. The average molecular weight is 1880 g/mol. The smallest absolute Gasteiger partial charge is 0.258 e. The molecule has 38 heteroatoms. The molecule has 0 unspecified atom stereocenters. The van der Waals surface area contributed by atoms with Gasteiger partial charge in [0.2, 0.25) is 0 Å². The summed E-state index contributed by atoms with van der Waals surface area (Å²) in [5.74, 6) is 2.79. The van der Waals surface area contributed by atoms with Crippen LogP contribution in [0, 0.1) is 34.6 Å². The molecule has 5 fully saturated rings. The second kappa shape index (κ2) is 38.3. The Balaban J connectivity index is 0.000000103. The van der Waals surface area contributed by atoms with Gasteiger partial charge in [-0.15, -0.1) is 0 Å². The number of piperidine rings is 3. The van der Waals surface area contributed by atoms with Crippen LogP contribution in [0.5, 0.6) is 0 Å². The van der Waals surface area contributed by atoms with E-state index in [1.54, 1.807) is 111 Å². The van der Waals surface area contributed by atoms with Crippen LogP contribution in [0.2, 0.25) is 5.02 Å². The summed E-state index contributed by atoms with van der Waals surface area (Å²) < 4.78 is 17.3. The first kappa shape index (κ1) is 90.1. The zero-order valence-corrected chi connectivity index (χ0v) is 79.0. The van der Waals surface area contributed by atoms with Crippen molar-refractivity contribution < 1.29 is 0 Å². The summed E-state index contributed by atoms with van der Waals surface area (Å²) in [6.07, 6.45) is 39.4. The predicted molar refractivity (Wildman–Crippen MR) is 536 cm³/mol. The molecule has 5 aliphatic rings. The Kier molecular flexibility index (Phi) is 24.8. The molecule has 0 aliphatic carbocycles. The number of nitrogens with one attached hydrogen (secondary N) is 4. The van der Waals surface area contributed by atoms with Crippen molar-refractivity contribution in [2.75, 3.05) is 108 Å². The fourth-order valence-electron chi connectivity index (χ4n) is 19.1. The topological polar surface area (TPSA) is 382 Å². The highest BCUT2D eigenvalue weighted by Crippen LogP contribution is 2.33. The fourth-order valence-corrected chi connectivity index (χ4v) is 19.3. The second-order valence-corrected chi connectivity index (χ2v) is 36.9. The molecule has 37 nitrogen and oxygen atoms in total. The molecule has 0 saturated carbocycles. The number of rotatable bonds is 10. The minimum Gasteiger partial charge on any atom is -0.353 e. The van der Waals surface area contributed by atoms with E-state index in [9.17, 15) is 24.0 Å². The van der Waals surface area contributed by atoms with Crippen molar-refractivity contribution >= 4 is 90.2 Å². The maximum Gasteiger partial charge on any atom is 0.258 e. The molecule has 5 saturated heterocycles. The highest BCUT2D eigenvalue weighted by molar-refractivity contribution is 6.33. The van der Waals surface area contributed by atoms with E-state index in [-0.39, 0.29) is 27.8 Å². The van der Waals surface area contributed by atoms with E-state index < -0.39 is 0 Å². The van der Waals surface area contributed by atoms with Gasteiger partial charge >= 0.3 is 0 Å². The predicted octanol–water partition coefficient (Wildman–Crippen LogP) is 10.3. The number of aromatic nitrogens is 25. The van der Waals surface area contributed by atoms with Crippen LogP contribution in [0.1, 0.15) is 102 Å². The first-order chi connectivity index (χ1) is 67.5. The van der Waals surface area contributed by atoms with Crippen molar-refractivity contribution in [1.82, 2.24) is 146 Å². The Morgan fingerprint density at radius 3 is 1.22 bits per heavy atom. The first-order valence-electron chi connectivity index (χ1n) is 46.9. The van der Waals surface area contributed by atoms with Crippen molar-refractivity contribution in [3.8, 4) is 56.3 Å². The van der Waals surface area contributed by atoms with E-state index in [0.717, 1.165) is 248 Å². The van der Waals surface area contributed by atoms with Gasteiger partial charge in [-0.25, -0.2) is 49.8 Å². The first-order valence-corrected chi connectivity index (χ1v) is 47.3. The molecule has 0 atom stereocenters. The summed E-state index contributed by atoms with van der Waals surface area (Å²) in [5.41, 5.74) is 21.9. The summed E-state index contributed by atoms with van der Waals surface area (Å²) in [7, 11) is 5.91. The van der Waals surface area contributed by atoms with E-state index in [0.29, 0.717) is 85.1 Å². The zero-order valence-electron chi connectivity index (χ0n) is 78.3. The lowest BCUT2D eigenvalue weighted by atomic mass is 9.95. The van der Waals surface area contributed by atoms with E-state index in [2.05, 4.69) is 108 Å². The standard InChI is InChI=1S/C21H23N7O.C21H22N6O.C20H19ClN6O.C20H20N6O.C19H19N7O/c1-14-8-15(9-16-12-26(3)24-21(14)16)17-10-20(29)28-13-19(22-11-18(28)23-17)27-6-4-25(2)5-7-27;1-13-7-16(11-26-10-14(2)24-21(13)26)17-8-20(28)27-12-18(23-9-19(27)25-17)15-3-5-22-6-4-15;1-12-9-26-10-14(6-15(21)20(26)24-12)16-7-19(28)27-11-17(23-8-18(27)25-16)13-2-4-22-5-3-13;1-13-10-25-11-15(2-3-18(25)23-13)16-8-20(27)26-12-17(22-9-19(26)24-16)14-4-6-21-7-5-14;1-24-11-14-8-13(2-3-15(14)23-24)16-9-19(27)26-12-18(21-10-17(26)22-16)25-6-4-20-5-7-25/h8-13H,4-7H2,1-3H3;7-12,15,22H,3-6H2,1-2H3;6-11,13,22H,2-5H2,1H3;2-3,8-12,14,21H,4-7H2,1H3;2-3,8-12,20H,4-7H2,1H3. The van der Waals surface area contributed by atoms with Gasteiger partial charge in [-0.05, 0) is 179 Å². The Morgan fingerprint density at radius 1 is 0.317 bits per heavy atom. The van der Waals surface area contributed by atoms with Gasteiger partial charge in [0.05, 0.1) is 122 Å². The Bertz CT molecular complexity index is 8080. The molecule has 2 aromatic carbocycles. The molecule has 18 aromatic heterocycles. The lowest BCUT2D eigenvalue weighted by Gasteiger charge is -2.33. The summed E-state index contributed by atoms with van der Waals surface area (Å²) >= 11 is 6.38. The number of piperazine rings is 2. The molecule has 0 bridgehead atoms. The number of fused-ring (bicyclic) bond motifs is 10. The van der Waals surface area contributed by atoms with Gasteiger partial charge in [-0.2, -0.15) is 10.2 Å². The summed E-state index contributed by atoms with van der Waals surface area (Å²) in [6.45, 7) is 23.2. The zero-order chi connectivity index (χ0) is 95.4. The molecule has 20 aromatic rings. The van der Waals surface area contributed by atoms with Crippen molar-refractivity contribution in [1.29, 1.82) is 0 Å². The largest absolute Gasteiger partial charge is 0.353 e. The number of aryl methyl sites for hydroxylation is 7. The fraction of sp³-hybridized carbons (Fsp3) is 0.307. The van der Waals surface area contributed by atoms with Crippen LogP contribution < -0.4 is 58.9 Å². The van der Waals surface area contributed by atoms with E-state index in [1.807, 2.05) is 179 Å². The van der Waals surface area contributed by atoms with Crippen molar-refractivity contribution in [3.63, 3.8) is 0 Å². The molecular weight excluding hydrogens is 1780 g/mol. The molecule has 23 heterocycles. The van der Waals surface area contributed by atoms with E-state index in [1.165, 1.54) is 0 Å². The van der Waals surface area contributed by atoms with Gasteiger partial charge < -0.3 is 49.2 Å². The molecule has 0 radical (unpaired) electrons. The maximum absolute atomic E-state index is 12.9. The minimum atomic E-state index is -0.129. The van der Waals surface area contributed by atoms with Gasteiger partial charge in [0.1, 0.15) is 22.9 Å². The molecule has 25 rings (SSSR count). The number of hydrogen-bond acceptors (Lipinski definition) is 27. The summed E-state index contributed by atoms with van der Waals surface area (Å²) in [6, 6.07) is 25.5. The molecule has 5 aliphatic heterocycles. The van der Waals surface area contributed by atoms with Crippen LogP contribution in [-0.2, 0) is 14.1 Å². The van der Waals surface area contributed by atoms with E-state index in [4.69, 9.17) is 21.6 Å². The van der Waals surface area contributed by atoms with Crippen molar-refractivity contribution in [3.05, 3.63) is 299 Å². The quantitative estimate of drug-likeness (QED) is 0.0988. The van der Waals surface area contributed by atoms with Crippen LogP contribution in [0.4, 0.5) is 11.6 Å². The van der Waals surface area contributed by atoms with Gasteiger partial charge in [0.25, 0.3) is 27.8 Å². The average Bonchev–Trinajstić information content (AvgIpc) is 1.77. The van der Waals surface area contributed by atoms with Gasteiger partial charge in [0, 0.05) is 221 Å². The third kappa shape index (κ3) is 19.1. The lowest BCUT2D eigenvalue weighted by molar-refractivity contribution is 0.312. The van der Waals surface area contributed by atoms with Gasteiger partial charge in [-0.3, -0.25) is 70.3 Å². The highest BCUT2D eigenvalue weighted by Gasteiger charge is 2.25. The van der Waals surface area contributed by atoms with Crippen LogP contribution in [0.3, 0.4) is 0 Å². The normalized spacial score (nSPS) is 15.4. The maximum atomic E-state index is 12.9. The van der Waals surface area contributed by atoms with Crippen molar-refractivity contribution in [2.45, 2.75) is 90.9 Å². The summed E-state index contributed by atoms with van der Waals surface area (Å²) in [4.78, 5) is 130. The number of pyridine rings is 3. The number of hydrogen-bond donors (Lipinski definition) is 4. The highest BCUT2D eigenvalue weighted by atomic mass is 35.5. The molecule has 0 spiro atoms. The van der Waals surface area contributed by atoms with Crippen LogP contribution in [0.15, 0.2) is 220 Å². The lowest BCUT2D eigenvalue weighted by Crippen LogP contribution is -2.45. The number of benzene rings is 2. The number of anilines is 2. The number of nitrogens with zero attached hydrogens (tertiary/aromatic N) is 28. The van der Waals surface area contributed by atoms with Crippen LogP contribution in [-0.4, -0.2) is 223 Å².